The molecule has 0 heterocycles. The number of carbonyl (C=O) groups is 1. The smallest absolute Gasteiger partial charge is 0.253 e. The number of sulfonamides is 1. The van der Waals surface area contributed by atoms with Crippen LogP contribution >= 0.6 is 23.2 Å². The number of halogens is 2. The van der Waals surface area contributed by atoms with Gasteiger partial charge in [0, 0.05) is 24.7 Å². The van der Waals surface area contributed by atoms with E-state index in [1.807, 2.05) is 6.07 Å². The van der Waals surface area contributed by atoms with E-state index in [9.17, 15) is 13.2 Å². The van der Waals surface area contributed by atoms with Gasteiger partial charge in [0.05, 0.1) is 15.5 Å². The molecule has 26 heavy (non-hydrogen) atoms. The van der Waals surface area contributed by atoms with Gasteiger partial charge >= 0.3 is 0 Å². The summed E-state index contributed by atoms with van der Waals surface area (Å²) in [5.74, 6) is -0.459. The molecule has 0 unspecified atom stereocenters. The molecule has 0 spiro atoms. The number of hydrogen-bond donors (Lipinski definition) is 1. The molecule has 0 saturated carbocycles. The van der Waals surface area contributed by atoms with Gasteiger partial charge in [-0.05, 0) is 49.7 Å². The summed E-state index contributed by atoms with van der Waals surface area (Å²) in [5, 5.41) is 3.47. The van der Waals surface area contributed by atoms with Crippen LogP contribution in [0.25, 0.3) is 0 Å². The molecule has 2 aromatic carbocycles. The third-order valence-electron chi connectivity index (χ3n) is 3.93. The first kappa shape index (κ1) is 20.7. The number of nitrogens with zero attached hydrogens (tertiary/aromatic N) is 1. The van der Waals surface area contributed by atoms with Crippen LogP contribution in [0.2, 0.25) is 10.0 Å². The van der Waals surface area contributed by atoms with Gasteiger partial charge in [-0.2, -0.15) is 4.31 Å². The number of benzene rings is 2. The lowest BCUT2D eigenvalue weighted by Gasteiger charge is -2.21. The van der Waals surface area contributed by atoms with Crippen molar-refractivity contribution in [3.8, 4) is 0 Å². The minimum absolute atomic E-state index is 0.0194. The molecular weight excluding hydrogens is 395 g/mol. The van der Waals surface area contributed by atoms with Gasteiger partial charge in [0.2, 0.25) is 10.0 Å². The number of amides is 1. The monoisotopic (exact) mass is 414 g/mol. The van der Waals surface area contributed by atoms with Crippen molar-refractivity contribution >= 4 is 39.1 Å². The van der Waals surface area contributed by atoms with Gasteiger partial charge in [-0.15, -0.1) is 0 Å². The largest absolute Gasteiger partial charge is 0.348 e. The molecule has 0 radical (unpaired) electrons. The van der Waals surface area contributed by atoms with Crippen LogP contribution < -0.4 is 5.32 Å². The zero-order valence-electron chi connectivity index (χ0n) is 14.7. The Morgan fingerprint density at radius 3 is 2.46 bits per heavy atom. The van der Waals surface area contributed by atoms with E-state index in [1.54, 1.807) is 32.0 Å². The molecule has 5 nitrogen and oxygen atoms in total. The maximum absolute atomic E-state index is 12.6. The number of rotatable bonds is 6. The van der Waals surface area contributed by atoms with Gasteiger partial charge in [0.15, 0.2) is 0 Å². The van der Waals surface area contributed by atoms with Crippen molar-refractivity contribution in [2.45, 2.75) is 31.3 Å². The van der Waals surface area contributed by atoms with Crippen molar-refractivity contribution in [2.24, 2.45) is 0 Å². The third kappa shape index (κ3) is 4.76. The highest BCUT2D eigenvalue weighted by Gasteiger charge is 2.25. The van der Waals surface area contributed by atoms with Crippen LogP contribution in [-0.2, 0) is 16.6 Å². The first-order valence-corrected chi connectivity index (χ1v) is 10.1. The SMILES string of the molecule is CC(C)N(C)S(=O)(=O)c1ccc(Cl)c(C(=O)NCc2cccc(Cl)c2)c1. The lowest BCUT2D eigenvalue weighted by atomic mass is 10.2. The Labute approximate surface area is 164 Å². The van der Waals surface area contributed by atoms with Gasteiger partial charge < -0.3 is 5.32 Å². The molecule has 2 aromatic rings. The Hall–Kier alpha value is -1.60. The minimum Gasteiger partial charge on any atom is -0.348 e. The lowest BCUT2D eigenvalue weighted by Crippen LogP contribution is -2.33. The Morgan fingerprint density at radius 2 is 1.85 bits per heavy atom. The van der Waals surface area contributed by atoms with Gasteiger partial charge in [-0.3, -0.25) is 4.79 Å². The van der Waals surface area contributed by atoms with E-state index in [0.717, 1.165) is 5.56 Å². The molecule has 0 aromatic heterocycles. The second kappa shape index (κ2) is 8.39. The summed E-state index contributed by atoms with van der Waals surface area (Å²) >= 11 is 12.0. The first-order chi connectivity index (χ1) is 12.1. The normalized spacial score (nSPS) is 11.8. The maximum atomic E-state index is 12.6. The molecule has 0 atom stereocenters. The summed E-state index contributed by atoms with van der Waals surface area (Å²) < 4.78 is 26.5. The highest BCUT2D eigenvalue weighted by Crippen LogP contribution is 2.23. The average Bonchev–Trinajstić information content (AvgIpc) is 2.59. The van der Waals surface area contributed by atoms with E-state index in [1.165, 1.54) is 29.6 Å². The van der Waals surface area contributed by atoms with Crippen LogP contribution in [0, 0.1) is 0 Å². The Bertz CT molecular complexity index is 914. The van der Waals surface area contributed by atoms with E-state index in [4.69, 9.17) is 23.2 Å². The molecule has 1 amide bonds. The van der Waals surface area contributed by atoms with Crippen molar-refractivity contribution in [1.82, 2.24) is 9.62 Å². The summed E-state index contributed by atoms with van der Waals surface area (Å²) in [6.07, 6.45) is 0. The number of nitrogens with one attached hydrogen (secondary N) is 1. The number of hydrogen-bond acceptors (Lipinski definition) is 3. The highest BCUT2D eigenvalue weighted by molar-refractivity contribution is 7.89. The lowest BCUT2D eigenvalue weighted by molar-refractivity contribution is 0.0951. The van der Waals surface area contributed by atoms with Gasteiger partial charge in [-0.1, -0.05) is 35.3 Å². The van der Waals surface area contributed by atoms with Crippen LogP contribution in [0.3, 0.4) is 0 Å². The summed E-state index contributed by atoms with van der Waals surface area (Å²) in [7, 11) is -2.21. The fourth-order valence-corrected chi connectivity index (χ4v) is 4.02. The predicted molar refractivity (Wildman–Crippen MR) is 104 cm³/mol. The molecule has 0 aliphatic heterocycles. The standard InChI is InChI=1S/C18H20Cl2N2O3S/c1-12(2)22(3)26(24,25)15-7-8-17(20)16(10-15)18(23)21-11-13-5-4-6-14(19)9-13/h4-10,12H,11H2,1-3H3,(H,21,23). The highest BCUT2D eigenvalue weighted by atomic mass is 35.5. The average molecular weight is 415 g/mol. The van der Waals surface area contributed by atoms with Crippen LogP contribution in [0.4, 0.5) is 0 Å². The van der Waals surface area contributed by atoms with Crippen LogP contribution in [-0.4, -0.2) is 31.7 Å². The van der Waals surface area contributed by atoms with E-state index >= 15 is 0 Å². The quantitative estimate of drug-likeness (QED) is 0.777. The summed E-state index contributed by atoms with van der Waals surface area (Å²) in [5.41, 5.74) is 0.928. The van der Waals surface area contributed by atoms with Crippen molar-refractivity contribution in [1.29, 1.82) is 0 Å². The van der Waals surface area contributed by atoms with Crippen LogP contribution in [0.1, 0.15) is 29.8 Å². The van der Waals surface area contributed by atoms with Crippen molar-refractivity contribution < 1.29 is 13.2 Å². The third-order valence-corrected chi connectivity index (χ3v) is 6.52. The van der Waals surface area contributed by atoms with Crippen molar-refractivity contribution in [3.05, 3.63) is 63.6 Å². The molecular formula is C18H20Cl2N2O3S. The van der Waals surface area contributed by atoms with E-state index in [-0.39, 0.29) is 28.1 Å². The minimum atomic E-state index is -3.71. The molecule has 0 bridgehead atoms. The molecule has 0 fully saturated rings. The van der Waals surface area contributed by atoms with Crippen molar-refractivity contribution in [2.75, 3.05) is 7.05 Å². The van der Waals surface area contributed by atoms with E-state index < -0.39 is 15.9 Å². The Morgan fingerprint density at radius 1 is 1.15 bits per heavy atom. The second-order valence-corrected chi connectivity index (χ2v) is 8.91. The molecule has 0 aliphatic carbocycles. The van der Waals surface area contributed by atoms with Gasteiger partial charge in [0.1, 0.15) is 0 Å². The van der Waals surface area contributed by atoms with Crippen LogP contribution in [0.5, 0.6) is 0 Å². The van der Waals surface area contributed by atoms with E-state index in [2.05, 4.69) is 5.32 Å². The zero-order chi connectivity index (χ0) is 19.5. The molecule has 0 aliphatic rings. The zero-order valence-corrected chi connectivity index (χ0v) is 17.0. The Balaban J connectivity index is 2.25. The molecule has 2 rings (SSSR count). The molecule has 140 valence electrons. The second-order valence-electron chi connectivity index (χ2n) is 6.07. The molecule has 0 saturated heterocycles. The van der Waals surface area contributed by atoms with Crippen LogP contribution in [0.15, 0.2) is 47.4 Å². The summed E-state index contributed by atoms with van der Waals surface area (Å²) in [4.78, 5) is 12.5. The van der Waals surface area contributed by atoms with Gasteiger partial charge in [-0.25, -0.2) is 8.42 Å². The topological polar surface area (TPSA) is 66.5 Å². The summed E-state index contributed by atoms with van der Waals surface area (Å²) in [6, 6.07) is 11.0. The van der Waals surface area contributed by atoms with Crippen molar-refractivity contribution in [3.63, 3.8) is 0 Å². The summed E-state index contributed by atoms with van der Waals surface area (Å²) in [6.45, 7) is 3.79. The molecule has 1 N–H and O–H groups in total. The first-order valence-electron chi connectivity index (χ1n) is 7.93. The van der Waals surface area contributed by atoms with E-state index in [0.29, 0.717) is 5.02 Å². The fraction of sp³-hybridized carbons (Fsp3) is 0.278. The molecule has 8 heteroatoms. The van der Waals surface area contributed by atoms with Gasteiger partial charge in [0.25, 0.3) is 5.91 Å². The maximum Gasteiger partial charge on any atom is 0.253 e. The fourth-order valence-electron chi connectivity index (χ4n) is 2.21. The predicted octanol–water partition coefficient (Wildman–Crippen LogP) is 3.95. The number of carbonyl (C=O) groups excluding carboxylic acids is 1. The Kier molecular flexibility index (Phi) is 6.69.